The molecule has 0 spiro atoms. The number of carbonyl (C=O) groups excluding carboxylic acids is 1. The molecular weight excluding hydrogens is 283 g/mol. The first-order valence-corrected chi connectivity index (χ1v) is 6.60. The van der Waals surface area contributed by atoms with Crippen LogP contribution in [0.25, 0.3) is 5.69 Å². The lowest BCUT2D eigenvalue weighted by atomic mass is 9.90. The van der Waals surface area contributed by atoms with E-state index in [1.54, 1.807) is 16.8 Å². The highest BCUT2D eigenvalue weighted by Gasteiger charge is 2.26. The molecule has 0 amide bonds. The van der Waals surface area contributed by atoms with Crippen molar-refractivity contribution >= 4 is 29.5 Å². The SMILES string of the molecule is CC(C)(C)c1nn(-c2ccc(Cl)cc2)c(Cl)c1C=O. The molecule has 0 aliphatic carbocycles. The fourth-order valence-corrected chi connectivity index (χ4v) is 2.22. The summed E-state index contributed by atoms with van der Waals surface area (Å²) < 4.78 is 1.56. The van der Waals surface area contributed by atoms with Gasteiger partial charge in [-0.15, -0.1) is 0 Å². The molecule has 0 saturated carbocycles. The van der Waals surface area contributed by atoms with Crippen molar-refractivity contribution in [2.75, 3.05) is 0 Å². The minimum Gasteiger partial charge on any atom is -0.298 e. The number of halogens is 2. The van der Waals surface area contributed by atoms with Crippen LogP contribution >= 0.6 is 23.2 Å². The fraction of sp³-hybridized carbons (Fsp3) is 0.286. The van der Waals surface area contributed by atoms with Gasteiger partial charge in [0, 0.05) is 10.4 Å². The lowest BCUT2D eigenvalue weighted by Crippen LogP contribution is -2.14. The van der Waals surface area contributed by atoms with E-state index >= 15 is 0 Å². The van der Waals surface area contributed by atoms with Gasteiger partial charge in [0.2, 0.25) is 0 Å². The summed E-state index contributed by atoms with van der Waals surface area (Å²) in [6.07, 6.45) is 0.752. The van der Waals surface area contributed by atoms with Crippen molar-refractivity contribution in [1.29, 1.82) is 0 Å². The minimum absolute atomic E-state index is 0.252. The molecule has 0 atom stereocenters. The third kappa shape index (κ3) is 2.67. The van der Waals surface area contributed by atoms with E-state index < -0.39 is 0 Å². The zero-order valence-corrected chi connectivity index (χ0v) is 12.5. The van der Waals surface area contributed by atoms with E-state index in [9.17, 15) is 4.79 Å². The first-order chi connectivity index (χ1) is 8.84. The molecule has 0 aliphatic heterocycles. The molecule has 100 valence electrons. The molecule has 5 heteroatoms. The smallest absolute Gasteiger partial charge is 0.155 e. The normalized spacial score (nSPS) is 11.6. The van der Waals surface area contributed by atoms with Crippen molar-refractivity contribution in [3.05, 3.63) is 45.7 Å². The third-order valence-electron chi connectivity index (χ3n) is 2.76. The molecule has 19 heavy (non-hydrogen) atoms. The molecule has 0 aliphatic rings. The summed E-state index contributed by atoms with van der Waals surface area (Å²) >= 11 is 12.1. The van der Waals surface area contributed by atoms with Crippen LogP contribution in [-0.2, 0) is 5.41 Å². The molecule has 0 radical (unpaired) electrons. The highest BCUT2D eigenvalue weighted by atomic mass is 35.5. The van der Waals surface area contributed by atoms with Crippen molar-refractivity contribution in [2.45, 2.75) is 26.2 Å². The molecule has 1 heterocycles. The van der Waals surface area contributed by atoms with E-state index in [1.165, 1.54) is 0 Å². The number of carbonyl (C=O) groups is 1. The molecule has 0 N–H and O–H groups in total. The van der Waals surface area contributed by atoms with Gasteiger partial charge in [0.05, 0.1) is 16.9 Å². The topological polar surface area (TPSA) is 34.9 Å². The van der Waals surface area contributed by atoms with Crippen LogP contribution in [0.4, 0.5) is 0 Å². The molecule has 2 aromatic rings. The van der Waals surface area contributed by atoms with E-state index in [4.69, 9.17) is 23.2 Å². The largest absolute Gasteiger partial charge is 0.298 e. The van der Waals surface area contributed by atoms with Crippen molar-refractivity contribution < 1.29 is 4.79 Å². The van der Waals surface area contributed by atoms with Crippen molar-refractivity contribution in [1.82, 2.24) is 9.78 Å². The second-order valence-electron chi connectivity index (χ2n) is 5.31. The van der Waals surface area contributed by atoms with Crippen LogP contribution in [0.15, 0.2) is 24.3 Å². The summed E-state index contributed by atoms with van der Waals surface area (Å²) in [7, 11) is 0. The highest BCUT2D eigenvalue weighted by molar-refractivity contribution is 6.32. The van der Waals surface area contributed by atoms with Crippen LogP contribution in [-0.4, -0.2) is 16.1 Å². The second kappa shape index (κ2) is 4.99. The van der Waals surface area contributed by atoms with Crippen molar-refractivity contribution in [3.8, 4) is 5.69 Å². The Kier molecular flexibility index (Phi) is 3.70. The number of nitrogens with zero attached hydrogens (tertiary/aromatic N) is 2. The Hall–Kier alpha value is -1.32. The Bertz CT molecular complexity index is 610. The van der Waals surface area contributed by atoms with Gasteiger partial charge in [-0.2, -0.15) is 5.10 Å². The van der Waals surface area contributed by atoms with Crippen molar-refractivity contribution in [3.63, 3.8) is 0 Å². The predicted molar refractivity (Wildman–Crippen MR) is 77.7 cm³/mol. The summed E-state index contributed by atoms with van der Waals surface area (Å²) in [6, 6.07) is 7.13. The molecular formula is C14H14Cl2N2O. The number of rotatable bonds is 2. The van der Waals surface area contributed by atoms with Crippen LogP contribution in [0, 0.1) is 0 Å². The summed E-state index contributed by atoms with van der Waals surface area (Å²) in [5.74, 6) is 0. The van der Waals surface area contributed by atoms with Gasteiger partial charge in [-0.05, 0) is 24.3 Å². The average molecular weight is 297 g/mol. The van der Waals surface area contributed by atoms with Crippen LogP contribution in [0.3, 0.4) is 0 Å². The van der Waals surface area contributed by atoms with Gasteiger partial charge >= 0.3 is 0 Å². The maximum Gasteiger partial charge on any atom is 0.155 e. The number of hydrogen-bond donors (Lipinski definition) is 0. The predicted octanol–water partition coefficient (Wildman–Crippen LogP) is 4.29. The quantitative estimate of drug-likeness (QED) is 0.775. The summed E-state index contributed by atoms with van der Waals surface area (Å²) in [5.41, 5.74) is 1.64. The average Bonchev–Trinajstić information content (AvgIpc) is 2.67. The highest BCUT2D eigenvalue weighted by Crippen LogP contribution is 2.30. The van der Waals surface area contributed by atoms with Crippen molar-refractivity contribution in [2.24, 2.45) is 0 Å². The monoisotopic (exact) mass is 296 g/mol. The summed E-state index contributed by atoms with van der Waals surface area (Å²) in [4.78, 5) is 11.2. The molecule has 3 nitrogen and oxygen atoms in total. The molecule has 1 aromatic heterocycles. The molecule has 2 rings (SSSR count). The molecule has 1 aromatic carbocycles. The second-order valence-corrected chi connectivity index (χ2v) is 6.10. The molecule has 0 bridgehead atoms. The van der Waals surface area contributed by atoms with E-state index in [1.807, 2.05) is 32.9 Å². The van der Waals surface area contributed by atoms with E-state index in [2.05, 4.69) is 5.10 Å². The Morgan fingerprint density at radius 2 is 1.74 bits per heavy atom. The van der Waals surface area contributed by atoms with Crippen LogP contribution in [0.5, 0.6) is 0 Å². The number of aldehydes is 1. The summed E-state index contributed by atoms with van der Waals surface area (Å²) in [5, 5.41) is 5.42. The lowest BCUT2D eigenvalue weighted by Gasteiger charge is -2.15. The molecule has 0 saturated heterocycles. The molecule has 0 fully saturated rings. The standard InChI is InChI=1S/C14H14Cl2N2O/c1-14(2,3)12-11(8-19)13(16)18(17-12)10-6-4-9(15)5-7-10/h4-8H,1-3H3. The molecule has 0 unspecified atom stereocenters. The first kappa shape index (κ1) is 14.1. The summed E-state index contributed by atoms with van der Waals surface area (Å²) in [6.45, 7) is 5.97. The Labute approximate surface area is 122 Å². The van der Waals surface area contributed by atoms with E-state index in [-0.39, 0.29) is 5.41 Å². The Morgan fingerprint density at radius 3 is 2.16 bits per heavy atom. The van der Waals surface area contributed by atoms with Crippen LogP contribution < -0.4 is 0 Å². The van der Waals surface area contributed by atoms with Gasteiger partial charge in [-0.1, -0.05) is 44.0 Å². The lowest BCUT2D eigenvalue weighted by molar-refractivity contribution is 0.112. The van der Waals surface area contributed by atoms with Gasteiger partial charge in [-0.25, -0.2) is 4.68 Å². The number of aromatic nitrogens is 2. The van der Waals surface area contributed by atoms with Gasteiger partial charge in [0.15, 0.2) is 6.29 Å². The zero-order chi connectivity index (χ0) is 14.2. The van der Waals surface area contributed by atoms with Gasteiger partial charge in [-0.3, -0.25) is 4.79 Å². The third-order valence-corrected chi connectivity index (χ3v) is 3.38. The van der Waals surface area contributed by atoms with Crippen LogP contribution in [0.1, 0.15) is 36.8 Å². The number of hydrogen-bond acceptors (Lipinski definition) is 2. The van der Waals surface area contributed by atoms with E-state index in [0.29, 0.717) is 21.4 Å². The maximum atomic E-state index is 11.2. The van der Waals surface area contributed by atoms with Crippen LogP contribution in [0.2, 0.25) is 10.2 Å². The zero-order valence-electron chi connectivity index (χ0n) is 10.9. The Balaban J connectivity index is 2.63. The number of benzene rings is 1. The first-order valence-electron chi connectivity index (χ1n) is 5.84. The van der Waals surface area contributed by atoms with Gasteiger partial charge < -0.3 is 0 Å². The van der Waals surface area contributed by atoms with E-state index in [0.717, 1.165) is 12.0 Å². The maximum absolute atomic E-state index is 11.2. The Morgan fingerprint density at radius 1 is 1.16 bits per heavy atom. The van der Waals surface area contributed by atoms with Gasteiger partial charge in [0.25, 0.3) is 0 Å². The fourth-order valence-electron chi connectivity index (χ4n) is 1.82. The van der Waals surface area contributed by atoms with Gasteiger partial charge in [0.1, 0.15) is 5.15 Å². The minimum atomic E-state index is -0.252.